The second kappa shape index (κ2) is 6.62. The maximum atomic E-state index is 12.1. The predicted molar refractivity (Wildman–Crippen MR) is 81.3 cm³/mol. The van der Waals surface area contributed by atoms with Crippen LogP contribution in [-0.2, 0) is 0 Å². The highest BCUT2D eigenvalue weighted by Gasteiger charge is 2.29. The van der Waals surface area contributed by atoms with E-state index in [1.54, 1.807) is 18.4 Å². The van der Waals surface area contributed by atoms with Gasteiger partial charge in [-0.1, -0.05) is 0 Å². The summed E-state index contributed by atoms with van der Waals surface area (Å²) in [5.41, 5.74) is 0. The van der Waals surface area contributed by atoms with Gasteiger partial charge in [0.2, 0.25) is 0 Å². The van der Waals surface area contributed by atoms with Gasteiger partial charge in [0.25, 0.3) is 5.91 Å². The third-order valence-electron chi connectivity index (χ3n) is 4.74. The number of nitrogens with zero attached hydrogens (tertiary/aromatic N) is 2. The van der Waals surface area contributed by atoms with Crippen LogP contribution in [0, 0.1) is 0 Å². The van der Waals surface area contributed by atoms with Crippen molar-refractivity contribution in [2.75, 3.05) is 33.2 Å². The number of nitrogens with one attached hydrogen (secondary N) is 1. The van der Waals surface area contributed by atoms with Crippen molar-refractivity contribution >= 4 is 5.91 Å². The highest BCUT2D eigenvalue weighted by atomic mass is 16.3. The molecule has 1 aromatic heterocycles. The van der Waals surface area contributed by atoms with E-state index < -0.39 is 0 Å². The summed E-state index contributed by atoms with van der Waals surface area (Å²) < 4.78 is 5.16. The first-order valence-electron chi connectivity index (χ1n) is 7.99. The molecule has 0 radical (unpaired) electrons. The molecule has 5 nitrogen and oxygen atoms in total. The lowest BCUT2D eigenvalue weighted by Crippen LogP contribution is -2.53. The Balaban J connectivity index is 1.52. The zero-order chi connectivity index (χ0) is 14.7. The predicted octanol–water partition coefficient (Wildman–Crippen LogP) is 1.57. The van der Waals surface area contributed by atoms with Crippen molar-refractivity contribution in [2.45, 2.75) is 37.8 Å². The first-order valence-corrected chi connectivity index (χ1v) is 7.99. The van der Waals surface area contributed by atoms with Crippen LogP contribution in [0.5, 0.6) is 0 Å². The maximum absolute atomic E-state index is 12.1. The second-order valence-electron chi connectivity index (χ2n) is 6.32. The van der Waals surface area contributed by atoms with E-state index in [0.717, 1.165) is 19.4 Å². The molecule has 0 unspecified atom stereocenters. The molecule has 0 spiro atoms. The van der Waals surface area contributed by atoms with E-state index in [0.29, 0.717) is 11.8 Å². The van der Waals surface area contributed by atoms with Gasteiger partial charge in [-0.15, -0.1) is 0 Å². The van der Waals surface area contributed by atoms with E-state index in [1.807, 2.05) is 0 Å². The quantitative estimate of drug-likeness (QED) is 0.918. The van der Waals surface area contributed by atoms with Crippen LogP contribution in [0.2, 0.25) is 0 Å². The molecule has 0 saturated carbocycles. The molecule has 116 valence electrons. The van der Waals surface area contributed by atoms with Crippen LogP contribution in [0.15, 0.2) is 22.8 Å². The van der Waals surface area contributed by atoms with Crippen molar-refractivity contribution < 1.29 is 9.21 Å². The SMILES string of the molecule is CN1CCC(N2CCC[C@@H](NC(=O)c3ccco3)C2)CC1. The number of carbonyl (C=O) groups is 1. The fourth-order valence-electron chi connectivity index (χ4n) is 3.48. The molecule has 0 aliphatic carbocycles. The topological polar surface area (TPSA) is 48.7 Å². The number of furan rings is 1. The Bertz CT molecular complexity index is 452. The largest absolute Gasteiger partial charge is 0.459 e. The fourth-order valence-corrected chi connectivity index (χ4v) is 3.48. The zero-order valence-corrected chi connectivity index (χ0v) is 12.8. The Hall–Kier alpha value is -1.33. The van der Waals surface area contributed by atoms with Gasteiger partial charge >= 0.3 is 0 Å². The van der Waals surface area contributed by atoms with Crippen LogP contribution >= 0.6 is 0 Å². The molecule has 21 heavy (non-hydrogen) atoms. The number of amides is 1. The number of carbonyl (C=O) groups excluding carboxylic acids is 1. The molecule has 2 saturated heterocycles. The standard InChI is InChI=1S/C16H25N3O2/c1-18-9-6-14(7-10-18)19-8-2-4-13(12-19)17-16(20)15-5-3-11-21-15/h3,5,11,13-14H,2,4,6-10,12H2,1H3,(H,17,20)/t13-/m1/s1. The summed E-state index contributed by atoms with van der Waals surface area (Å²) in [5.74, 6) is 0.321. The average Bonchev–Trinajstić information content (AvgIpc) is 3.02. The molecule has 2 aliphatic heterocycles. The van der Waals surface area contributed by atoms with Crippen LogP contribution in [0.3, 0.4) is 0 Å². The molecule has 0 bridgehead atoms. The van der Waals surface area contributed by atoms with E-state index in [9.17, 15) is 4.79 Å². The van der Waals surface area contributed by atoms with Crippen LogP contribution < -0.4 is 5.32 Å². The lowest BCUT2D eigenvalue weighted by molar-refractivity contribution is 0.0750. The summed E-state index contributed by atoms with van der Waals surface area (Å²) >= 11 is 0. The van der Waals surface area contributed by atoms with E-state index >= 15 is 0 Å². The summed E-state index contributed by atoms with van der Waals surface area (Å²) in [6.07, 6.45) is 6.26. The Morgan fingerprint density at radius 1 is 1.29 bits per heavy atom. The van der Waals surface area contributed by atoms with Crippen LogP contribution in [0.1, 0.15) is 36.2 Å². The minimum Gasteiger partial charge on any atom is -0.459 e. The lowest BCUT2D eigenvalue weighted by atomic mass is 9.98. The van der Waals surface area contributed by atoms with Crippen molar-refractivity contribution in [1.29, 1.82) is 0 Å². The van der Waals surface area contributed by atoms with Crippen LogP contribution in [0.25, 0.3) is 0 Å². The summed E-state index contributed by atoms with van der Waals surface area (Å²) in [6, 6.07) is 4.40. The van der Waals surface area contributed by atoms with Gasteiger partial charge in [0.05, 0.1) is 6.26 Å². The van der Waals surface area contributed by atoms with Crippen molar-refractivity contribution in [3.63, 3.8) is 0 Å². The first kappa shape index (κ1) is 14.6. The number of rotatable bonds is 3. The summed E-state index contributed by atoms with van der Waals surface area (Å²) in [4.78, 5) is 17.0. The van der Waals surface area contributed by atoms with Gasteiger partial charge in [0.1, 0.15) is 0 Å². The molecule has 2 fully saturated rings. The Kier molecular flexibility index (Phi) is 4.60. The Labute approximate surface area is 126 Å². The van der Waals surface area contributed by atoms with E-state index in [1.165, 1.54) is 32.5 Å². The molecule has 1 aromatic rings. The van der Waals surface area contributed by atoms with Crippen molar-refractivity contribution in [1.82, 2.24) is 15.1 Å². The van der Waals surface area contributed by atoms with Gasteiger partial charge in [0, 0.05) is 18.6 Å². The normalized spacial score (nSPS) is 25.9. The van der Waals surface area contributed by atoms with Crippen LogP contribution in [0.4, 0.5) is 0 Å². The Morgan fingerprint density at radius 3 is 2.81 bits per heavy atom. The molecule has 3 heterocycles. The zero-order valence-electron chi connectivity index (χ0n) is 12.8. The highest BCUT2D eigenvalue weighted by molar-refractivity contribution is 5.91. The second-order valence-corrected chi connectivity index (χ2v) is 6.32. The lowest BCUT2D eigenvalue weighted by Gasteiger charge is -2.41. The van der Waals surface area contributed by atoms with Crippen molar-refractivity contribution in [2.24, 2.45) is 0 Å². The molecule has 1 amide bonds. The van der Waals surface area contributed by atoms with E-state index in [4.69, 9.17) is 4.42 Å². The molecule has 1 atom stereocenters. The molecular formula is C16H25N3O2. The summed E-state index contributed by atoms with van der Waals surface area (Å²) in [6.45, 7) is 4.51. The van der Waals surface area contributed by atoms with Gasteiger partial charge < -0.3 is 14.6 Å². The van der Waals surface area contributed by atoms with Gasteiger partial charge in [-0.2, -0.15) is 0 Å². The molecular weight excluding hydrogens is 266 g/mol. The van der Waals surface area contributed by atoms with Crippen LogP contribution in [-0.4, -0.2) is 61.0 Å². The Morgan fingerprint density at radius 2 is 2.10 bits per heavy atom. The monoisotopic (exact) mass is 291 g/mol. The minimum atomic E-state index is -0.0878. The molecule has 2 aliphatic rings. The highest BCUT2D eigenvalue weighted by Crippen LogP contribution is 2.20. The van der Waals surface area contributed by atoms with Gasteiger partial charge in [-0.3, -0.25) is 9.69 Å². The molecule has 5 heteroatoms. The molecule has 0 aromatic carbocycles. The van der Waals surface area contributed by atoms with E-state index in [2.05, 4.69) is 22.2 Å². The maximum Gasteiger partial charge on any atom is 0.287 e. The smallest absolute Gasteiger partial charge is 0.287 e. The number of hydrogen-bond donors (Lipinski definition) is 1. The molecule has 1 N–H and O–H groups in total. The molecule has 3 rings (SSSR count). The summed E-state index contributed by atoms with van der Waals surface area (Å²) in [7, 11) is 2.19. The summed E-state index contributed by atoms with van der Waals surface area (Å²) in [5, 5.41) is 3.11. The third kappa shape index (κ3) is 3.66. The van der Waals surface area contributed by atoms with Gasteiger partial charge in [-0.05, 0) is 64.5 Å². The minimum absolute atomic E-state index is 0.0878. The van der Waals surface area contributed by atoms with Gasteiger partial charge in [0.15, 0.2) is 5.76 Å². The fraction of sp³-hybridized carbons (Fsp3) is 0.688. The average molecular weight is 291 g/mol. The number of hydrogen-bond acceptors (Lipinski definition) is 4. The first-order chi connectivity index (χ1) is 10.2. The van der Waals surface area contributed by atoms with Crippen molar-refractivity contribution in [3.05, 3.63) is 24.2 Å². The third-order valence-corrected chi connectivity index (χ3v) is 4.74. The van der Waals surface area contributed by atoms with E-state index in [-0.39, 0.29) is 11.9 Å². The number of piperidine rings is 2. The van der Waals surface area contributed by atoms with Gasteiger partial charge in [-0.25, -0.2) is 0 Å². The number of likely N-dealkylation sites (tertiary alicyclic amines) is 2. The van der Waals surface area contributed by atoms with Crippen molar-refractivity contribution in [3.8, 4) is 0 Å².